The Labute approximate surface area is 460 Å². The van der Waals surface area contributed by atoms with Gasteiger partial charge in [0.1, 0.15) is 13.2 Å². The summed E-state index contributed by atoms with van der Waals surface area (Å²) in [7, 11) is 0. The maximum atomic E-state index is 12.8. The van der Waals surface area contributed by atoms with Crippen LogP contribution in [0.15, 0.2) is 158 Å². The molecule has 1 atom stereocenters. The molecule has 0 saturated carbocycles. The molecule has 75 heavy (non-hydrogen) atoms. The van der Waals surface area contributed by atoms with Crippen molar-refractivity contribution in [3.05, 3.63) is 158 Å². The number of carbonyl (C=O) groups excluding carboxylic acids is 3. The highest BCUT2D eigenvalue weighted by molar-refractivity contribution is 5.71. The molecular weight excluding hydrogens is 925 g/mol. The normalized spacial score (nSPS) is 13.3. The highest BCUT2D eigenvalue weighted by atomic mass is 16.6. The third-order valence-electron chi connectivity index (χ3n) is 12.0. The number of hydrogen-bond acceptors (Lipinski definition) is 6. The summed E-state index contributed by atoms with van der Waals surface area (Å²) in [5.74, 6) is -1.12. The second-order valence-electron chi connectivity index (χ2n) is 19.1. The van der Waals surface area contributed by atoms with Crippen LogP contribution in [0.25, 0.3) is 0 Å². The molecule has 0 amide bonds. The van der Waals surface area contributed by atoms with Crippen molar-refractivity contribution in [2.45, 2.75) is 245 Å². The molecule has 0 fully saturated rings. The number of esters is 3. The Morgan fingerprint density at radius 1 is 0.280 bits per heavy atom. The number of hydrogen-bond donors (Lipinski definition) is 0. The van der Waals surface area contributed by atoms with Gasteiger partial charge in [-0.25, -0.2) is 0 Å². The van der Waals surface area contributed by atoms with Gasteiger partial charge in [-0.2, -0.15) is 0 Å². The van der Waals surface area contributed by atoms with Crippen molar-refractivity contribution in [2.75, 3.05) is 13.2 Å². The minimum Gasteiger partial charge on any atom is -0.462 e. The van der Waals surface area contributed by atoms with Gasteiger partial charge in [-0.05, 0) is 122 Å². The number of ether oxygens (including phenoxy) is 3. The zero-order valence-electron chi connectivity index (χ0n) is 48.0. The van der Waals surface area contributed by atoms with Crippen molar-refractivity contribution in [1.29, 1.82) is 0 Å². The first-order valence-electron chi connectivity index (χ1n) is 30.0. The van der Waals surface area contributed by atoms with Crippen molar-refractivity contribution in [3.63, 3.8) is 0 Å². The summed E-state index contributed by atoms with van der Waals surface area (Å²) in [6.07, 6.45) is 89.9. The molecule has 0 saturated heterocycles. The van der Waals surface area contributed by atoms with Crippen LogP contribution in [0.3, 0.4) is 0 Å². The van der Waals surface area contributed by atoms with Crippen molar-refractivity contribution in [1.82, 2.24) is 0 Å². The first kappa shape index (κ1) is 70.0. The van der Waals surface area contributed by atoms with Crippen LogP contribution < -0.4 is 0 Å². The summed E-state index contributed by atoms with van der Waals surface area (Å²) < 4.78 is 16.7. The summed E-state index contributed by atoms with van der Waals surface area (Å²) in [5.41, 5.74) is 0. The summed E-state index contributed by atoms with van der Waals surface area (Å²) in [6, 6.07) is 0. The maximum Gasteiger partial charge on any atom is 0.306 e. The van der Waals surface area contributed by atoms with E-state index >= 15 is 0 Å². The second-order valence-corrected chi connectivity index (χ2v) is 19.1. The molecule has 0 bridgehead atoms. The minimum absolute atomic E-state index is 0.139. The molecule has 0 heterocycles. The van der Waals surface area contributed by atoms with E-state index in [-0.39, 0.29) is 38.0 Å². The Morgan fingerprint density at radius 2 is 0.547 bits per heavy atom. The average Bonchev–Trinajstić information content (AvgIpc) is 3.41. The Morgan fingerprint density at radius 3 is 0.893 bits per heavy atom. The van der Waals surface area contributed by atoms with Crippen LogP contribution in [0.4, 0.5) is 0 Å². The van der Waals surface area contributed by atoms with Crippen molar-refractivity contribution < 1.29 is 28.6 Å². The molecule has 6 heteroatoms. The van der Waals surface area contributed by atoms with E-state index in [2.05, 4.69) is 154 Å². The van der Waals surface area contributed by atoms with Crippen molar-refractivity contribution in [3.8, 4) is 0 Å². The van der Waals surface area contributed by atoms with E-state index in [4.69, 9.17) is 14.2 Å². The van der Waals surface area contributed by atoms with Gasteiger partial charge < -0.3 is 14.2 Å². The van der Waals surface area contributed by atoms with Gasteiger partial charge in [-0.15, -0.1) is 0 Å². The van der Waals surface area contributed by atoms with Crippen LogP contribution in [0.1, 0.15) is 239 Å². The summed E-state index contributed by atoms with van der Waals surface area (Å²) in [6.45, 7) is 6.26. The highest BCUT2D eigenvalue weighted by Gasteiger charge is 2.19. The predicted molar refractivity (Wildman–Crippen MR) is 325 cm³/mol. The third kappa shape index (κ3) is 59.8. The molecule has 0 N–H and O–H groups in total. The van der Waals surface area contributed by atoms with Crippen molar-refractivity contribution in [2.24, 2.45) is 0 Å². The Bertz CT molecular complexity index is 1710. The lowest BCUT2D eigenvalue weighted by molar-refractivity contribution is -0.166. The number of unbranched alkanes of at least 4 members (excludes halogenated alkanes) is 15. The molecule has 0 rings (SSSR count). The molecule has 1 unspecified atom stereocenters. The molecule has 0 aromatic rings. The van der Waals surface area contributed by atoms with Gasteiger partial charge >= 0.3 is 17.9 Å². The summed E-state index contributed by atoms with van der Waals surface area (Å²) in [4.78, 5) is 38.1. The SMILES string of the molecule is CC/C=C\C/C=C\C/C=C\C/C=C\C/C=C\C/C=C\CCC(=O)OC(COC(=O)CC/C=C\C/C=C\C/C=C\C/C=C\CC)COC(=O)CCCCCCCCCCCC/C=C\C/C=C\C/C=C\CCCCCCC. The van der Waals surface area contributed by atoms with Crippen LogP contribution >= 0.6 is 0 Å². The van der Waals surface area contributed by atoms with Gasteiger partial charge in [0, 0.05) is 19.3 Å². The fourth-order valence-corrected chi connectivity index (χ4v) is 7.61. The Hall–Kier alpha value is -4.97. The zero-order chi connectivity index (χ0) is 54.3. The highest BCUT2D eigenvalue weighted by Crippen LogP contribution is 2.14. The van der Waals surface area contributed by atoms with Gasteiger partial charge in [0.15, 0.2) is 6.10 Å². The number of carbonyl (C=O) groups is 3. The molecule has 0 aliphatic heterocycles. The van der Waals surface area contributed by atoms with Crippen LogP contribution in [-0.2, 0) is 28.6 Å². The third-order valence-corrected chi connectivity index (χ3v) is 12.0. The van der Waals surface area contributed by atoms with Crippen LogP contribution in [0.2, 0.25) is 0 Å². The largest absolute Gasteiger partial charge is 0.462 e. The first-order valence-corrected chi connectivity index (χ1v) is 30.0. The minimum atomic E-state index is -0.857. The maximum absolute atomic E-state index is 12.8. The van der Waals surface area contributed by atoms with E-state index in [1.165, 1.54) is 89.9 Å². The van der Waals surface area contributed by atoms with E-state index < -0.39 is 12.1 Å². The molecule has 0 aromatic heterocycles. The van der Waals surface area contributed by atoms with E-state index in [0.29, 0.717) is 19.3 Å². The lowest BCUT2D eigenvalue weighted by Crippen LogP contribution is -2.30. The Balaban J connectivity index is 4.50. The second kappa shape index (κ2) is 61.6. The predicted octanol–water partition coefficient (Wildman–Crippen LogP) is 20.5. The lowest BCUT2D eigenvalue weighted by atomic mass is 10.1. The smallest absolute Gasteiger partial charge is 0.306 e. The van der Waals surface area contributed by atoms with E-state index in [9.17, 15) is 14.4 Å². The van der Waals surface area contributed by atoms with Gasteiger partial charge in [0.25, 0.3) is 0 Å². The van der Waals surface area contributed by atoms with Gasteiger partial charge in [-0.3, -0.25) is 14.4 Å². The molecular formula is C69H108O6. The molecule has 0 aromatic carbocycles. The van der Waals surface area contributed by atoms with Gasteiger partial charge in [0.2, 0.25) is 0 Å². The van der Waals surface area contributed by atoms with Crippen LogP contribution in [0.5, 0.6) is 0 Å². The molecule has 420 valence electrons. The fourth-order valence-electron chi connectivity index (χ4n) is 7.61. The van der Waals surface area contributed by atoms with E-state index in [0.717, 1.165) is 96.3 Å². The summed E-state index contributed by atoms with van der Waals surface area (Å²) in [5, 5.41) is 0. The van der Waals surface area contributed by atoms with Gasteiger partial charge in [-0.1, -0.05) is 256 Å². The average molecular weight is 1030 g/mol. The van der Waals surface area contributed by atoms with Crippen LogP contribution in [0, 0.1) is 0 Å². The topological polar surface area (TPSA) is 78.9 Å². The molecule has 6 nitrogen and oxygen atoms in total. The number of allylic oxidation sites excluding steroid dienone is 26. The quantitative estimate of drug-likeness (QED) is 0.0261. The van der Waals surface area contributed by atoms with E-state index in [1.54, 1.807) is 0 Å². The van der Waals surface area contributed by atoms with Crippen molar-refractivity contribution >= 4 is 17.9 Å². The summed E-state index contributed by atoms with van der Waals surface area (Å²) >= 11 is 0. The van der Waals surface area contributed by atoms with E-state index in [1.807, 2.05) is 24.3 Å². The monoisotopic (exact) mass is 1030 g/mol. The Kier molecular flexibility index (Phi) is 57.5. The lowest BCUT2D eigenvalue weighted by Gasteiger charge is -2.18. The first-order chi connectivity index (χ1) is 37.0. The van der Waals surface area contributed by atoms with Crippen LogP contribution in [-0.4, -0.2) is 37.2 Å². The molecule has 0 spiro atoms. The molecule has 0 aliphatic rings. The fraction of sp³-hybridized carbons (Fsp3) is 0.580. The van der Waals surface area contributed by atoms with Gasteiger partial charge in [0.05, 0.1) is 0 Å². The number of rotatable bonds is 52. The zero-order valence-corrected chi connectivity index (χ0v) is 48.0. The standard InChI is InChI=1S/C69H108O6/c1-4-7-10-13-16-19-22-25-27-29-31-32-33-34-35-36-38-39-41-44-47-50-53-56-59-62-68(71)74-65-66(64-73-67(70)61-58-55-52-49-46-43-24-21-18-15-12-9-6-3)75-69(72)63-60-57-54-51-48-45-42-40-37-30-28-26-23-20-17-14-11-8-5-2/h8-9,11-12,17-18,20-22,25-26,28-29,31,33-34,37,40,43,45-46,48,52,54-55,57,66H,4-7,10,13-16,19,23-24,27,30,32,35-36,38-39,41-42,44,47,49-51,53,56,58-65H2,1-3H3/b11-8-,12-9-,20-17-,21-18-,25-22-,28-26-,31-29-,34-33-,40-37-,46-43-,48-45-,55-52-,57-54-. The molecule has 0 radical (unpaired) electrons. The molecule has 0 aliphatic carbocycles.